The minimum absolute atomic E-state index is 0.0445. The second-order valence-corrected chi connectivity index (χ2v) is 8.47. The molecule has 1 fully saturated rings. The van der Waals surface area contributed by atoms with Crippen LogP contribution in [0.4, 0.5) is 0 Å². The number of carbonyl (C=O) groups is 2. The maximum Gasteiger partial charge on any atom is 0.263 e. The fourth-order valence-electron chi connectivity index (χ4n) is 3.62. The molecule has 0 bridgehead atoms. The largest absolute Gasteiger partial charge is 0.487 e. The van der Waals surface area contributed by atoms with Crippen molar-refractivity contribution in [2.24, 2.45) is 5.92 Å². The second-order valence-electron chi connectivity index (χ2n) is 7.52. The summed E-state index contributed by atoms with van der Waals surface area (Å²) in [6.45, 7) is 2.09. The van der Waals surface area contributed by atoms with Crippen LogP contribution in [0.5, 0.6) is 5.75 Å². The summed E-state index contributed by atoms with van der Waals surface area (Å²) in [5.41, 5.74) is 1.85. The summed E-state index contributed by atoms with van der Waals surface area (Å²) in [5.74, 6) is 0.799. The number of hydrogen-bond donors (Lipinski definition) is 1. The van der Waals surface area contributed by atoms with Crippen molar-refractivity contribution in [1.82, 2.24) is 15.2 Å². The monoisotopic (exact) mass is 435 g/mol. The van der Waals surface area contributed by atoms with Crippen LogP contribution in [0.15, 0.2) is 66.2 Å². The van der Waals surface area contributed by atoms with Crippen molar-refractivity contribution in [3.05, 3.63) is 82.3 Å². The predicted octanol–water partition coefficient (Wildman–Crippen LogP) is 3.89. The van der Waals surface area contributed by atoms with Crippen LogP contribution in [0.2, 0.25) is 0 Å². The number of thiophene rings is 1. The first kappa shape index (κ1) is 21.1. The van der Waals surface area contributed by atoms with Gasteiger partial charge in [0.05, 0.1) is 10.6 Å². The van der Waals surface area contributed by atoms with E-state index in [0.29, 0.717) is 39.1 Å². The fourth-order valence-corrected chi connectivity index (χ4v) is 4.31. The Labute approximate surface area is 185 Å². The Kier molecular flexibility index (Phi) is 6.94. The molecule has 2 aromatic heterocycles. The Morgan fingerprint density at radius 2 is 1.97 bits per heavy atom. The fraction of sp³-hybridized carbons (Fsp3) is 0.292. The van der Waals surface area contributed by atoms with Gasteiger partial charge >= 0.3 is 0 Å². The molecule has 1 aliphatic rings. The van der Waals surface area contributed by atoms with Crippen molar-refractivity contribution >= 4 is 23.2 Å². The molecule has 3 heterocycles. The summed E-state index contributed by atoms with van der Waals surface area (Å²) in [7, 11) is 0. The minimum Gasteiger partial charge on any atom is -0.487 e. The molecule has 1 saturated heterocycles. The van der Waals surface area contributed by atoms with E-state index >= 15 is 0 Å². The second kappa shape index (κ2) is 10.2. The minimum atomic E-state index is -0.0593. The van der Waals surface area contributed by atoms with Crippen molar-refractivity contribution in [2.75, 3.05) is 13.1 Å². The van der Waals surface area contributed by atoms with Gasteiger partial charge in [0.1, 0.15) is 12.4 Å². The van der Waals surface area contributed by atoms with Gasteiger partial charge in [0, 0.05) is 31.7 Å². The van der Waals surface area contributed by atoms with E-state index in [1.165, 1.54) is 11.3 Å². The average Bonchev–Trinajstić information content (AvgIpc) is 3.37. The molecule has 1 N–H and O–H groups in total. The molecule has 1 aromatic carbocycles. The Bertz CT molecular complexity index is 1000. The molecular formula is C24H25N3O3S. The average molecular weight is 436 g/mol. The van der Waals surface area contributed by atoms with Gasteiger partial charge in [-0.3, -0.25) is 14.6 Å². The number of nitrogens with one attached hydrogen (secondary N) is 1. The van der Waals surface area contributed by atoms with Crippen LogP contribution in [0.3, 0.4) is 0 Å². The van der Waals surface area contributed by atoms with Crippen molar-refractivity contribution < 1.29 is 14.3 Å². The number of benzene rings is 1. The van der Waals surface area contributed by atoms with Gasteiger partial charge in [-0.2, -0.15) is 0 Å². The van der Waals surface area contributed by atoms with Crippen molar-refractivity contribution in [3.8, 4) is 5.75 Å². The zero-order valence-corrected chi connectivity index (χ0v) is 18.0. The molecule has 7 heteroatoms. The van der Waals surface area contributed by atoms with Crippen LogP contribution in [-0.4, -0.2) is 34.8 Å². The van der Waals surface area contributed by atoms with E-state index in [0.717, 1.165) is 21.9 Å². The molecule has 0 unspecified atom stereocenters. The number of carbonyl (C=O) groups excluding carboxylic acids is 2. The maximum absolute atomic E-state index is 12.6. The Balaban J connectivity index is 1.23. The van der Waals surface area contributed by atoms with Crippen molar-refractivity contribution in [1.29, 1.82) is 0 Å². The number of aromatic nitrogens is 1. The molecule has 31 heavy (non-hydrogen) atoms. The third-order valence-corrected chi connectivity index (χ3v) is 6.22. The van der Waals surface area contributed by atoms with E-state index in [4.69, 9.17) is 4.74 Å². The number of pyridine rings is 1. The Hall–Kier alpha value is -3.19. The zero-order valence-electron chi connectivity index (χ0n) is 17.2. The number of likely N-dealkylation sites (tertiary alicyclic amines) is 1. The third-order valence-electron chi connectivity index (χ3n) is 5.36. The van der Waals surface area contributed by atoms with Gasteiger partial charge in [0.15, 0.2) is 0 Å². The van der Waals surface area contributed by atoms with Gasteiger partial charge in [-0.25, -0.2) is 0 Å². The number of hydrogen-bond acceptors (Lipinski definition) is 5. The molecule has 3 aromatic rings. The molecular weight excluding hydrogens is 410 g/mol. The van der Waals surface area contributed by atoms with E-state index in [1.54, 1.807) is 6.20 Å². The summed E-state index contributed by atoms with van der Waals surface area (Å²) in [6, 6.07) is 17.2. The van der Waals surface area contributed by atoms with Crippen LogP contribution < -0.4 is 10.1 Å². The van der Waals surface area contributed by atoms with E-state index < -0.39 is 0 Å². The van der Waals surface area contributed by atoms with Crippen LogP contribution in [0.1, 0.15) is 33.8 Å². The number of amides is 2. The van der Waals surface area contributed by atoms with Crippen LogP contribution in [0.25, 0.3) is 0 Å². The molecule has 0 atom stereocenters. The first-order valence-electron chi connectivity index (χ1n) is 10.4. The predicted molar refractivity (Wildman–Crippen MR) is 120 cm³/mol. The lowest BCUT2D eigenvalue weighted by molar-refractivity contribution is -0.126. The number of piperidine rings is 1. The van der Waals surface area contributed by atoms with E-state index in [9.17, 15) is 9.59 Å². The summed E-state index contributed by atoms with van der Waals surface area (Å²) in [4.78, 5) is 31.9. The number of ether oxygens (including phenoxy) is 1. The summed E-state index contributed by atoms with van der Waals surface area (Å²) in [6.07, 6.45) is 3.12. The van der Waals surface area contributed by atoms with E-state index in [-0.39, 0.29) is 17.7 Å². The molecule has 6 nitrogen and oxygen atoms in total. The Morgan fingerprint density at radius 1 is 1.10 bits per heavy atom. The number of rotatable bonds is 7. The SMILES string of the molecule is O=C(NCc1cccc(OCc2ccccn2)c1)C1CCN(C(=O)c2cccs2)CC1. The van der Waals surface area contributed by atoms with Gasteiger partial charge < -0.3 is 15.0 Å². The highest BCUT2D eigenvalue weighted by Crippen LogP contribution is 2.21. The molecule has 0 radical (unpaired) electrons. The normalized spacial score (nSPS) is 14.3. The first-order valence-corrected chi connectivity index (χ1v) is 11.3. The van der Waals surface area contributed by atoms with Crippen molar-refractivity contribution in [2.45, 2.75) is 26.0 Å². The van der Waals surface area contributed by atoms with E-state index in [1.807, 2.05) is 64.9 Å². The van der Waals surface area contributed by atoms with Crippen molar-refractivity contribution in [3.63, 3.8) is 0 Å². The molecule has 160 valence electrons. The smallest absolute Gasteiger partial charge is 0.263 e. The van der Waals surface area contributed by atoms with Gasteiger partial charge in [-0.15, -0.1) is 11.3 Å². The highest BCUT2D eigenvalue weighted by molar-refractivity contribution is 7.12. The lowest BCUT2D eigenvalue weighted by atomic mass is 9.95. The molecule has 0 aliphatic carbocycles. The standard InChI is InChI=1S/C24H25N3O3S/c28-23(19-9-12-27(13-10-19)24(29)22-8-4-14-31-22)26-16-18-5-3-7-21(15-18)30-17-20-6-1-2-11-25-20/h1-8,11,14-15,19H,9-10,12-13,16-17H2,(H,26,28). The lowest BCUT2D eigenvalue weighted by Gasteiger charge is -2.31. The lowest BCUT2D eigenvalue weighted by Crippen LogP contribution is -2.42. The van der Waals surface area contributed by atoms with Gasteiger partial charge in [0.2, 0.25) is 5.91 Å². The van der Waals surface area contributed by atoms with Gasteiger partial charge in [-0.1, -0.05) is 24.3 Å². The Morgan fingerprint density at radius 3 is 2.71 bits per heavy atom. The van der Waals surface area contributed by atoms with Crippen LogP contribution in [-0.2, 0) is 17.9 Å². The highest BCUT2D eigenvalue weighted by atomic mass is 32.1. The van der Waals surface area contributed by atoms with Crippen LogP contribution in [0, 0.1) is 5.92 Å². The number of nitrogens with zero attached hydrogens (tertiary/aromatic N) is 2. The first-order chi connectivity index (χ1) is 15.2. The third kappa shape index (κ3) is 5.70. The zero-order chi connectivity index (χ0) is 21.5. The molecule has 4 rings (SSSR count). The summed E-state index contributed by atoms with van der Waals surface area (Å²) >= 11 is 1.46. The molecule has 2 amide bonds. The highest BCUT2D eigenvalue weighted by Gasteiger charge is 2.28. The van der Waals surface area contributed by atoms with Gasteiger partial charge in [0.25, 0.3) is 5.91 Å². The molecule has 1 aliphatic heterocycles. The quantitative estimate of drug-likeness (QED) is 0.611. The summed E-state index contributed by atoms with van der Waals surface area (Å²) < 4.78 is 5.81. The summed E-state index contributed by atoms with van der Waals surface area (Å²) in [5, 5.41) is 4.94. The molecule has 0 spiro atoms. The van der Waals surface area contributed by atoms with E-state index in [2.05, 4.69) is 10.3 Å². The van der Waals surface area contributed by atoms with Gasteiger partial charge in [-0.05, 0) is 54.1 Å². The van der Waals surface area contributed by atoms with Crippen LogP contribution >= 0.6 is 11.3 Å². The molecule has 0 saturated carbocycles. The topological polar surface area (TPSA) is 71.5 Å². The maximum atomic E-state index is 12.6.